The summed E-state index contributed by atoms with van der Waals surface area (Å²) in [7, 11) is 1.49. The number of hydrogen-bond donors (Lipinski definition) is 1. The molecule has 0 aliphatic rings. The van der Waals surface area contributed by atoms with Gasteiger partial charge in [-0.1, -0.05) is 26.8 Å². The minimum absolute atomic E-state index is 0.273. The maximum Gasteiger partial charge on any atom is 0.165 e. The topological polar surface area (TPSA) is 21.3 Å². The summed E-state index contributed by atoms with van der Waals surface area (Å²) in [5.74, 6) is 0.0422. The van der Waals surface area contributed by atoms with Crippen LogP contribution in [0.1, 0.15) is 39.2 Å². The molecule has 108 valence electrons. The Kier molecular flexibility index (Phi) is 6.29. The molecular formula is C16H26FNO. The van der Waals surface area contributed by atoms with E-state index in [1.54, 1.807) is 12.1 Å². The summed E-state index contributed by atoms with van der Waals surface area (Å²) in [5, 5.41) is 3.35. The van der Waals surface area contributed by atoms with Gasteiger partial charge in [0.2, 0.25) is 0 Å². The largest absolute Gasteiger partial charge is 0.494 e. The van der Waals surface area contributed by atoms with Crippen molar-refractivity contribution in [2.24, 2.45) is 5.41 Å². The molecule has 3 heteroatoms. The van der Waals surface area contributed by atoms with Gasteiger partial charge in [-0.25, -0.2) is 4.39 Å². The van der Waals surface area contributed by atoms with Crippen molar-refractivity contribution in [1.29, 1.82) is 0 Å². The third-order valence-corrected chi connectivity index (χ3v) is 3.54. The van der Waals surface area contributed by atoms with Gasteiger partial charge in [0.05, 0.1) is 7.11 Å². The predicted octanol–water partition coefficient (Wildman–Crippen LogP) is 3.79. The van der Waals surface area contributed by atoms with Crippen LogP contribution < -0.4 is 10.1 Å². The second kappa shape index (κ2) is 7.49. The zero-order valence-electron chi connectivity index (χ0n) is 12.6. The minimum atomic E-state index is -0.273. The highest BCUT2D eigenvalue weighted by atomic mass is 19.1. The van der Waals surface area contributed by atoms with Crippen molar-refractivity contribution in [2.45, 2.75) is 40.0 Å². The zero-order chi connectivity index (χ0) is 14.3. The fraction of sp³-hybridized carbons (Fsp3) is 0.625. The van der Waals surface area contributed by atoms with Crippen LogP contribution in [-0.2, 0) is 6.42 Å². The summed E-state index contributed by atoms with van der Waals surface area (Å²) >= 11 is 0. The SMILES string of the molecule is CCNCCC(C)(C)CCc1ccc(OC)c(F)c1. The predicted molar refractivity (Wildman–Crippen MR) is 78.2 cm³/mol. The molecule has 1 rings (SSSR count). The maximum absolute atomic E-state index is 13.6. The molecule has 0 unspecified atom stereocenters. The summed E-state index contributed by atoms with van der Waals surface area (Å²) in [6.45, 7) is 8.71. The number of methoxy groups -OCH3 is 1. The Morgan fingerprint density at radius 2 is 2.00 bits per heavy atom. The first-order chi connectivity index (χ1) is 8.98. The number of aryl methyl sites for hydroxylation is 1. The Morgan fingerprint density at radius 1 is 1.26 bits per heavy atom. The summed E-state index contributed by atoms with van der Waals surface area (Å²) in [6.07, 6.45) is 3.10. The molecule has 0 heterocycles. The molecule has 0 bridgehead atoms. The highest BCUT2D eigenvalue weighted by molar-refractivity contribution is 5.29. The van der Waals surface area contributed by atoms with Crippen LogP contribution in [-0.4, -0.2) is 20.2 Å². The van der Waals surface area contributed by atoms with Crippen LogP contribution in [0, 0.1) is 11.2 Å². The summed E-state index contributed by atoms with van der Waals surface area (Å²) < 4.78 is 18.5. The molecule has 0 radical (unpaired) electrons. The van der Waals surface area contributed by atoms with E-state index in [0.717, 1.165) is 37.9 Å². The van der Waals surface area contributed by atoms with Gasteiger partial charge in [0, 0.05) is 0 Å². The van der Waals surface area contributed by atoms with Crippen molar-refractivity contribution < 1.29 is 9.13 Å². The van der Waals surface area contributed by atoms with E-state index in [1.807, 2.05) is 6.07 Å². The molecule has 0 aliphatic carbocycles. The number of halogens is 1. The molecule has 1 aromatic carbocycles. The van der Waals surface area contributed by atoms with Crippen LogP contribution in [0.5, 0.6) is 5.75 Å². The maximum atomic E-state index is 13.6. The van der Waals surface area contributed by atoms with Crippen molar-refractivity contribution in [1.82, 2.24) is 5.32 Å². The third kappa shape index (κ3) is 5.60. The van der Waals surface area contributed by atoms with Crippen molar-refractivity contribution in [2.75, 3.05) is 20.2 Å². The molecule has 0 fully saturated rings. The summed E-state index contributed by atoms with van der Waals surface area (Å²) in [6, 6.07) is 5.23. The first-order valence-corrected chi connectivity index (χ1v) is 7.01. The Labute approximate surface area is 116 Å². The lowest BCUT2D eigenvalue weighted by atomic mass is 9.83. The Morgan fingerprint density at radius 3 is 2.58 bits per heavy atom. The summed E-state index contributed by atoms with van der Waals surface area (Å²) in [5.41, 5.74) is 1.31. The molecule has 1 N–H and O–H groups in total. The molecule has 0 aromatic heterocycles. The van der Waals surface area contributed by atoms with E-state index in [2.05, 4.69) is 26.1 Å². The highest BCUT2D eigenvalue weighted by Crippen LogP contribution is 2.27. The van der Waals surface area contributed by atoms with Crippen molar-refractivity contribution in [3.63, 3.8) is 0 Å². The molecule has 1 aromatic rings. The van der Waals surface area contributed by atoms with Crippen LogP contribution in [0.25, 0.3) is 0 Å². The van der Waals surface area contributed by atoms with Gasteiger partial charge in [0.25, 0.3) is 0 Å². The van der Waals surface area contributed by atoms with Gasteiger partial charge in [-0.3, -0.25) is 0 Å². The molecule has 0 aliphatic heterocycles. The lowest BCUT2D eigenvalue weighted by Gasteiger charge is -2.24. The molecule has 0 saturated heterocycles. The van der Waals surface area contributed by atoms with Gasteiger partial charge >= 0.3 is 0 Å². The molecule has 0 amide bonds. The molecule has 19 heavy (non-hydrogen) atoms. The average molecular weight is 267 g/mol. The number of nitrogens with one attached hydrogen (secondary N) is 1. The highest BCUT2D eigenvalue weighted by Gasteiger charge is 2.17. The van der Waals surface area contributed by atoms with Gasteiger partial charge in [-0.2, -0.15) is 0 Å². The second-order valence-corrected chi connectivity index (χ2v) is 5.74. The average Bonchev–Trinajstić information content (AvgIpc) is 2.37. The van der Waals surface area contributed by atoms with Crippen LogP contribution in [0.3, 0.4) is 0 Å². The van der Waals surface area contributed by atoms with Crippen LogP contribution >= 0.6 is 0 Å². The van der Waals surface area contributed by atoms with E-state index < -0.39 is 0 Å². The van der Waals surface area contributed by atoms with E-state index in [-0.39, 0.29) is 11.2 Å². The molecule has 0 spiro atoms. The van der Waals surface area contributed by atoms with Crippen molar-refractivity contribution >= 4 is 0 Å². The molecule has 0 atom stereocenters. The van der Waals surface area contributed by atoms with E-state index in [1.165, 1.54) is 7.11 Å². The lowest BCUT2D eigenvalue weighted by Crippen LogP contribution is -2.22. The standard InChI is InChI=1S/C16H26FNO/c1-5-18-11-10-16(2,3)9-8-13-6-7-15(19-4)14(17)12-13/h6-7,12,18H,5,8-11H2,1-4H3. The quantitative estimate of drug-likeness (QED) is 0.723. The summed E-state index contributed by atoms with van der Waals surface area (Å²) in [4.78, 5) is 0. The number of rotatable bonds is 8. The monoisotopic (exact) mass is 267 g/mol. The van der Waals surface area contributed by atoms with Crippen molar-refractivity contribution in [3.05, 3.63) is 29.6 Å². The molecule has 2 nitrogen and oxygen atoms in total. The Bertz CT molecular complexity index is 390. The van der Waals surface area contributed by atoms with Gasteiger partial charge in [-0.05, 0) is 55.5 Å². The fourth-order valence-corrected chi connectivity index (χ4v) is 2.08. The number of benzene rings is 1. The Balaban J connectivity index is 2.49. The van der Waals surface area contributed by atoms with Gasteiger partial charge in [0.15, 0.2) is 11.6 Å². The van der Waals surface area contributed by atoms with Gasteiger partial charge < -0.3 is 10.1 Å². The minimum Gasteiger partial charge on any atom is -0.494 e. The molecular weight excluding hydrogens is 241 g/mol. The third-order valence-electron chi connectivity index (χ3n) is 3.54. The first-order valence-electron chi connectivity index (χ1n) is 7.01. The normalized spacial score (nSPS) is 11.6. The van der Waals surface area contributed by atoms with E-state index in [4.69, 9.17) is 4.74 Å². The number of ether oxygens (including phenoxy) is 1. The van der Waals surface area contributed by atoms with Gasteiger partial charge in [-0.15, -0.1) is 0 Å². The smallest absolute Gasteiger partial charge is 0.165 e. The van der Waals surface area contributed by atoms with Crippen LogP contribution in [0.2, 0.25) is 0 Å². The zero-order valence-corrected chi connectivity index (χ0v) is 12.6. The lowest BCUT2D eigenvalue weighted by molar-refractivity contribution is 0.303. The fourth-order valence-electron chi connectivity index (χ4n) is 2.08. The van der Waals surface area contributed by atoms with Gasteiger partial charge in [0.1, 0.15) is 0 Å². The second-order valence-electron chi connectivity index (χ2n) is 5.74. The van der Waals surface area contributed by atoms with E-state index in [9.17, 15) is 4.39 Å². The number of hydrogen-bond acceptors (Lipinski definition) is 2. The molecule has 0 saturated carbocycles. The van der Waals surface area contributed by atoms with Crippen LogP contribution in [0.4, 0.5) is 4.39 Å². The van der Waals surface area contributed by atoms with E-state index >= 15 is 0 Å². The Hall–Kier alpha value is -1.09. The van der Waals surface area contributed by atoms with Crippen LogP contribution in [0.15, 0.2) is 18.2 Å². The van der Waals surface area contributed by atoms with E-state index in [0.29, 0.717) is 5.75 Å². The van der Waals surface area contributed by atoms with Crippen molar-refractivity contribution in [3.8, 4) is 5.75 Å². The first kappa shape index (κ1) is 16.0.